The van der Waals surface area contributed by atoms with Gasteiger partial charge in [0.1, 0.15) is 0 Å². The van der Waals surface area contributed by atoms with Gasteiger partial charge in [-0.3, -0.25) is 0 Å². The van der Waals surface area contributed by atoms with Crippen LogP contribution in [0.15, 0.2) is 24.5 Å². The van der Waals surface area contributed by atoms with Crippen LogP contribution < -0.4 is 0 Å². The maximum atomic E-state index is 4.30. The molecule has 74 valence electrons. The number of hydrogen-bond acceptors (Lipinski definition) is 2. The van der Waals surface area contributed by atoms with Crippen molar-refractivity contribution in [1.82, 2.24) is 14.6 Å². The number of imidazole rings is 1. The van der Waals surface area contributed by atoms with Crippen LogP contribution >= 0.6 is 0 Å². The van der Waals surface area contributed by atoms with E-state index in [4.69, 9.17) is 0 Å². The van der Waals surface area contributed by atoms with Crippen molar-refractivity contribution in [3.8, 4) is 0 Å². The quantitative estimate of drug-likeness (QED) is 0.689. The Morgan fingerprint density at radius 2 is 2.14 bits per heavy atom. The van der Waals surface area contributed by atoms with E-state index in [1.54, 1.807) is 6.20 Å². The van der Waals surface area contributed by atoms with Crippen molar-refractivity contribution >= 4 is 5.65 Å². The van der Waals surface area contributed by atoms with E-state index in [0.717, 1.165) is 12.1 Å². The Morgan fingerprint density at radius 3 is 2.86 bits per heavy atom. The monoisotopic (exact) mass is 189 g/mol. The molecule has 0 aliphatic rings. The first-order chi connectivity index (χ1) is 6.56. The second kappa shape index (κ2) is 3.08. The van der Waals surface area contributed by atoms with E-state index in [-0.39, 0.29) is 5.41 Å². The fourth-order valence-electron chi connectivity index (χ4n) is 1.54. The van der Waals surface area contributed by atoms with Crippen molar-refractivity contribution in [3.63, 3.8) is 0 Å². The first-order valence-corrected chi connectivity index (χ1v) is 4.84. The van der Waals surface area contributed by atoms with E-state index >= 15 is 0 Å². The molecule has 0 amide bonds. The van der Waals surface area contributed by atoms with Gasteiger partial charge < -0.3 is 0 Å². The fourth-order valence-corrected chi connectivity index (χ4v) is 1.54. The molecule has 0 saturated carbocycles. The summed E-state index contributed by atoms with van der Waals surface area (Å²) in [5.41, 5.74) is 2.37. The third-order valence-corrected chi connectivity index (χ3v) is 2.06. The van der Waals surface area contributed by atoms with Gasteiger partial charge in [0.05, 0.1) is 11.9 Å². The van der Waals surface area contributed by atoms with E-state index in [2.05, 4.69) is 30.9 Å². The zero-order valence-electron chi connectivity index (χ0n) is 8.86. The smallest absolute Gasteiger partial charge is 0.153 e. The van der Waals surface area contributed by atoms with Crippen molar-refractivity contribution in [1.29, 1.82) is 0 Å². The van der Waals surface area contributed by atoms with E-state index in [0.29, 0.717) is 0 Å². The molecule has 0 bridgehead atoms. The molecule has 3 heteroatoms. The molecule has 0 fully saturated rings. The molecular weight excluding hydrogens is 174 g/mol. The molecule has 0 radical (unpaired) electrons. The summed E-state index contributed by atoms with van der Waals surface area (Å²) in [6.45, 7) is 6.65. The third kappa shape index (κ3) is 1.76. The summed E-state index contributed by atoms with van der Waals surface area (Å²) in [7, 11) is 0. The van der Waals surface area contributed by atoms with Gasteiger partial charge in [0.25, 0.3) is 0 Å². The molecule has 0 unspecified atom stereocenters. The molecule has 2 heterocycles. The van der Waals surface area contributed by atoms with Crippen molar-refractivity contribution in [2.75, 3.05) is 0 Å². The molecule has 3 nitrogen and oxygen atoms in total. The van der Waals surface area contributed by atoms with Gasteiger partial charge >= 0.3 is 0 Å². The molecule has 14 heavy (non-hydrogen) atoms. The Hall–Kier alpha value is -1.38. The zero-order valence-corrected chi connectivity index (χ0v) is 8.86. The Bertz CT molecular complexity index is 437. The van der Waals surface area contributed by atoms with Crippen molar-refractivity contribution < 1.29 is 0 Å². The maximum absolute atomic E-state index is 4.30. The molecule has 0 aliphatic heterocycles. The van der Waals surface area contributed by atoms with Crippen LogP contribution in [-0.4, -0.2) is 14.6 Å². The second-order valence-electron chi connectivity index (χ2n) is 4.78. The highest BCUT2D eigenvalue weighted by Crippen LogP contribution is 2.20. The molecule has 0 atom stereocenters. The van der Waals surface area contributed by atoms with Crippen LogP contribution in [0.5, 0.6) is 0 Å². The summed E-state index contributed by atoms with van der Waals surface area (Å²) in [5.74, 6) is 0. The minimum absolute atomic E-state index is 0.271. The third-order valence-electron chi connectivity index (χ3n) is 2.06. The Balaban J connectivity index is 2.44. The van der Waals surface area contributed by atoms with Gasteiger partial charge in [-0.2, -0.15) is 5.10 Å². The average molecular weight is 189 g/mol. The Morgan fingerprint density at radius 1 is 1.36 bits per heavy atom. The number of nitrogens with zero attached hydrogens (tertiary/aromatic N) is 3. The lowest BCUT2D eigenvalue weighted by molar-refractivity contribution is 0.403. The highest BCUT2D eigenvalue weighted by Gasteiger charge is 2.14. The molecule has 2 aromatic rings. The first-order valence-electron chi connectivity index (χ1n) is 4.84. The largest absolute Gasteiger partial charge is 0.235 e. The summed E-state index contributed by atoms with van der Waals surface area (Å²) in [4.78, 5) is 4.30. The van der Waals surface area contributed by atoms with Crippen LogP contribution in [-0.2, 0) is 6.42 Å². The Labute approximate surface area is 83.8 Å². The Kier molecular flexibility index (Phi) is 2.02. The van der Waals surface area contributed by atoms with Crippen LogP contribution in [0, 0.1) is 5.41 Å². The first kappa shape index (κ1) is 9.19. The molecule has 2 rings (SSSR count). The predicted octanol–water partition coefficient (Wildman–Crippen LogP) is 2.32. The van der Waals surface area contributed by atoms with Crippen LogP contribution in [0.25, 0.3) is 5.65 Å². The van der Waals surface area contributed by atoms with Crippen molar-refractivity contribution in [3.05, 3.63) is 30.2 Å². The van der Waals surface area contributed by atoms with E-state index in [1.807, 2.05) is 22.8 Å². The summed E-state index contributed by atoms with van der Waals surface area (Å²) in [6, 6.07) is 3.88. The van der Waals surface area contributed by atoms with Gasteiger partial charge in [0.2, 0.25) is 0 Å². The predicted molar refractivity (Wildman–Crippen MR) is 56.1 cm³/mol. The lowest BCUT2D eigenvalue weighted by atomic mass is 9.91. The topological polar surface area (TPSA) is 30.2 Å². The lowest BCUT2D eigenvalue weighted by Crippen LogP contribution is -2.11. The summed E-state index contributed by atoms with van der Waals surface area (Å²) in [6.07, 6.45) is 4.69. The molecule has 0 spiro atoms. The SMILES string of the molecule is CC(C)(C)Cc1cnc2cccnn12. The minimum Gasteiger partial charge on any atom is -0.235 e. The van der Waals surface area contributed by atoms with Crippen LogP contribution in [0.2, 0.25) is 0 Å². The normalized spacial score (nSPS) is 12.2. The average Bonchev–Trinajstić information content (AvgIpc) is 2.47. The highest BCUT2D eigenvalue weighted by molar-refractivity contribution is 5.37. The van der Waals surface area contributed by atoms with E-state index in [9.17, 15) is 0 Å². The van der Waals surface area contributed by atoms with Gasteiger partial charge in [0, 0.05) is 6.20 Å². The number of rotatable bonds is 1. The van der Waals surface area contributed by atoms with Gasteiger partial charge in [-0.05, 0) is 24.0 Å². The maximum Gasteiger partial charge on any atom is 0.153 e. The van der Waals surface area contributed by atoms with Gasteiger partial charge in [-0.25, -0.2) is 9.50 Å². The van der Waals surface area contributed by atoms with E-state index < -0.39 is 0 Å². The van der Waals surface area contributed by atoms with Crippen LogP contribution in [0.3, 0.4) is 0 Å². The summed E-state index contributed by atoms with van der Waals surface area (Å²) < 4.78 is 1.91. The summed E-state index contributed by atoms with van der Waals surface area (Å²) in [5, 5.41) is 4.28. The molecule has 2 aromatic heterocycles. The molecular formula is C11H15N3. The number of fused-ring (bicyclic) bond motifs is 1. The standard InChI is InChI=1S/C11H15N3/c1-11(2,3)7-9-8-12-10-5-4-6-13-14(9)10/h4-6,8H,7H2,1-3H3. The molecule has 0 aliphatic carbocycles. The molecule has 0 saturated heterocycles. The van der Waals surface area contributed by atoms with Crippen molar-refractivity contribution in [2.45, 2.75) is 27.2 Å². The minimum atomic E-state index is 0.271. The molecule has 0 N–H and O–H groups in total. The van der Waals surface area contributed by atoms with Gasteiger partial charge in [-0.15, -0.1) is 0 Å². The van der Waals surface area contributed by atoms with Gasteiger partial charge in [0.15, 0.2) is 5.65 Å². The van der Waals surface area contributed by atoms with Gasteiger partial charge in [-0.1, -0.05) is 20.8 Å². The van der Waals surface area contributed by atoms with Crippen LogP contribution in [0.4, 0.5) is 0 Å². The van der Waals surface area contributed by atoms with Crippen molar-refractivity contribution in [2.24, 2.45) is 5.41 Å². The van der Waals surface area contributed by atoms with E-state index in [1.165, 1.54) is 5.69 Å². The zero-order chi connectivity index (χ0) is 10.2. The number of hydrogen-bond donors (Lipinski definition) is 0. The molecule has 0 aromatic carbocycles. The van der Waals surface area contributed by atoms with Crippen LogP contribution in [0.1, 0.15) is 26.5 Å². The fraction of sp³-hybridized carbons (Fsp3) is 0.455. The highest BCUT2D eigenvalue weighted by atomic mass is 15.2. The second-order valence-corrected chi connectivity index (χ2v) is 4.78. The number of aromatic nitrogens is 3. The lowest BCUT2D eigenvalue weighted by Gasteiger charge is -2.16. The summed E-state index contributed by atoms with van der Waals surface area (Å²) >= 11 is 0.